The number of aromatic hydroxyl groups is 2. The molecule has 2 saturated heterocycles. The van der Waals surface area contributed by atoms with Gasteiger partial charge in [0.1, 0.15) is 35.5 Å². The molecule has 2 fully saturated rings. The van der Waals surface area contributed by atoms with Crippen LogP contribution in [0.25, 0.3) is 0 Å². The van der Waals surface area contributed by atoms with Crippen LogP contribution in [0.2, 0.25) is 0 Å². The molecular weight excluding hydrogens is 602 g/mol. The molecule has 2 heterocycles. The lowest BCUT2D eigenvalue weighted by Gasteiger charge is -2.47. The molecule has 6 N–H and O–H groups in total. The van der Waals surface area contributed by atoms with E-state index in [4.69, 9.17) is 24.4 Å². The number of carbonyl (C=O) groups excluding carboxylic acids is 2. The molecule has 0 bridgehead atoms. The maximum absolute atomic E-state index is 13.7. The molecule has 0 saturated carbocycles. The number of Topliss-reactive ketones (excluding diaryl/α,β-unsaturated/α-hetero) is 1. The zero-order valence-corrected chi connectivity index (χ0v) is 25.2. The van der Waals surface area contributed by atoms with Crippen LogP contribution in [0.3, 0.4) is 0 Å². The van der Waals surface area contributed by atoms with Crippen molar-refractivity contribution >= 4 is 17.3 Å². The van der Waals surface area contributed by atoms with Crippen molar-refractivity contribution < 1.29 is 54.1 Å². The van der Waals surface area contributed by atoms with E-state index in [1.54, 1.807) is 19.1 Å². The van der Waals surface area contributed by atoms with Crippen molar-refractivity contribution in [3.8, 4) is 23.3 Å². The maximum Gasteiger partial charge on any atom is 0.198 e. The first kappa shape index (κ1) is 32.0. The van der Waals surface area contributed by atoms with Gasteiger partial charge < -0.3 is 44.5 Å². The van der Waals surface area contributed by atoms with E-state index in [9.17, 15) is 40.4 Å². The fourth-order valence-electron chi connectivity index (χ4n) is 7.19. The van der Waals surface area contributed by atoms with Gasteiger partial charge in [-0.3, -0.25) is 19.9 Å². The summed E-state index contributed by atoms with van der Waals surface area (Å²) in [5.74, 6) is -2.65. The van der Waals surface area contributed by atoms with Crippen molar-refractivity contribution in [3.05, 3.63) is 51.6 Å². The summed E-state index contributed by atoms with van der Waals surface area (Å²) in [7, 11) is 1.38. The van der Waals surface area contributed by atoms with Gasteiger partial charge in [0.05, 0.1) is 67.1 Å². The number of ketones is 2. The quantitative estimate of drug-likeness (QED) is 0.202. The zero-order valence-electron chi connectivity index (χ0n) is 25.2. The molecule has 0 aromatic heterocycles. The Morgan fingerprint density at radius 3 is 2.70 bits per heavy atom. The molecule has 4 aliphatic rings. The van der Waals surface area contributed by atoms with Crippen LogP contribution in [-0.4, -0.2) is 117 Å². The summed E-state index contributed by atoms with van der Waals surface area (Å²) in [6.45, 7) is 1.49. The average Bonchev–Trinajstić information content (AvgIpc) is 3.05. The highest BCUT2D eigenvalue weighted by atomic mass is 16.7. The summed E-state index contributed by atoms with van der Waals surface area (Å²) in [5.41, 5.74) is -3.20. The topological polar surface area (TPSA) is 223 Å². The number of hydrogen-bond acceptors (Lipinski definition) is 14. The Hall–Kier alpha value is -3.94. The van der Waals surface area contributed by atoms with Crippen LogP contribution >= 0.6 is 0 Å². The highest BCUT2D eigenvalue weighted by Crippen LogP contribution is 2.52. The van der Waals surface area contributed by atoms with Gasteiger partial charge in [-0.05, 0) is 13.0 Å². The van der Waals surface area contributed by atoms with Gasteiger partial charge in [0, 0.05) is 48.5 Å². The van der Waals surface area contributed by atoms with Gasteiger partial charge in [-0.25, -0.2) is 0 Å². The van der Waals surface area contributed by atoms with E-state index in [0.29, 0.717) is 13.2 Å². The molecule has 46 heavy (non-hydrogen) atoms. The number of benzene rings is 2. The molecular formula is C32H35N3O11. The third-order valence-corrected chi connectivity index (χ3v) is 9.52. The van der Waals surface area contributed by atoms with Crippen LogP contribution in [0.1, 0.15) is 64.0 Å². The predicted molar refractivity (Wildman–Crippen MR) is 157 cm³/mol. The summed E-state index contributed by atoms with van der Waals surface area (Å²) in [5, 5.41) is 74.3. The monoisotopic (exact) mass is 637 g/mol. The fraction of sp³-hybridized carbons (Fsp3) is 0.500. The molecule has 0 amide bonds. The van der Waals surface area contributed by atoms with E-state index < -0.39 is 84.8 Å². The number of nitrogens with zero attached hydrogens (tertiary/aromatic N) is 2. The number of aliphatic hydroxyl groups excluding tert-OH is 2. The minimum atomic E-state index is -2.26. The van der Waals surface area contributed by atoms with Crippen LogP contribution in [-0.2, 0) is 25.4 Å². The van der Waals surface area contributed by atoms with Gasteiger partial charge in [0.15, 0.2) is 17.9 Å². The minimum Gasteiger partial charge on any atom is -0.507 e. The van der Waals surface area contributed by atoms with Crippen LogP contribution in [0.15, 0.2) is 18.2 Å². The van der Waals surface area contributed by atoms with Gasteiger partial charge in [-0.15, -0.1) is 0 Å². The third kappa shape index (κ3) is 4.96. The number of methoxy groups -OCH3 is 1. The lowest BCUT2D eigenvalue weighted by atomic mass is 9.71. The summed E-state index contributed by atoms with van der Waals surface area (Å²) in [4.78, 5) is 28.4. The molecule has 2 aromatic rings. The Balaban J connectivity index is 1.44. The smallest absolute Gasteiger partial charge is 0.198 e. The second-order valence-electron chi connectivity index (χ2n) is 12.1. The Morgan fingerprint density at radius 2 is 2.00 bits per heavy atom. The summed E-state index contributed by atoms with van der Waals surface area (Å²) < 4.78 is 23.1. The van der Waals surface area contributed by atoms with E-state index in [0.717, 1.165) is 0 Å². The number of hydrogen-bond donors (Lipinski definition) is 6. The molecule has 2 aliphatic carbocycles. The van der Waals surface area contributed by atoms with Crippen molar-refractivity contribution in [2.45, 2.75) is 68.5 Å². The van der Waals surface area contributed by atoms with Gasteiger partial charge in [0.25, 0.3) is 0 Å². The number of ether oxygens (including phenoxy) is 4. The Kier molecular flexibility index (Phi) is 8.36. The normalized spacial score (nSPS) is 31.0. The number of aliphatic hydroxyl groups is 3. The molecule has 14 nitrogen and oxygen atoms in total. The third-order valence-electron chi connectivity index (χ3n) is 9.52. The Labute approximate surface area is 263 Å². The van der Waals surface area contributed by atoms with E-state index in [1.165, 1.54) is 13.2 Å². The van der Waals surface area contributed by atoms with Crippen molar-refractivity contribution in [1.29, 1.82) is 10.7 Å². The molecule has 6 rings (SSSR count). The number of nitrogens with one attached hydrogen (secondary N) is 1. The highest BCUT2D eigenvalue weighted by molar-refractivity contribution is 6.32. The van der Waals surface area contributed by atoms with Crippen LogP contribution in [0.4, 0.5) is 0 Å². The number of fused-ring (bicyclic) bond motifs is 3. The summed E-state index contributed by atoms with van der Waals surface area (Å²) in [6, 6.07) is 5.54. The molecule has 0 unspecified atom stereocenters. The van der Waals surface area contributed by atoms with Crippen molar-refractivity contribution in [3.63, 3.8) is 0 Å². The Morgan fingerprint density at radius 1 is 1.24 bits per heavy atom. The van der Waals surface area contributed by atoms with E-state index >= 15 is 0 Å². The largest absolute Gasteiger partial charge is 0.507 e. The maximum atomic E-state index is 13.7. The molecule has 0 spiro atoms. The zero-order chi connectivity index (χ0) is 33.1. The highest BCUT2D eigenvalue weighted by Gasteiger charge is 2.50. The lowest BCUT2D eigenvalue weighted by molar-refractivity contribution is -0.262. The van der Waals surface area contributed by atoms with Gasteiger partial charge in [0.2, 0.25) is 0 Å². The number of rotatable bonds is 6. The summed E-state index contributed by atoms with van der Waals surface area (Å²) in [6.07, 6.45) is -5.16. The summed E-state index contributed by atoms with van der Waals surface area (Å²) >= 11 is 0. The first-order valence-electron chi connectivity index (χ1n) is 15.0. The average molecular weight is 638 g/mol. The molecule has 14 heteroatoms. The predicted octanol–water partition coefficient (Wildman–Crippen LogP) is 0.452. The van der Waals surface area contributed by atoms with Crippen LogP contribution < -0.4 is 4.74 Å². The number of carbonyl (C=O) groups is 2. The van der Waals surface area contributed by atoms with E-state index in [1.807, 2.05) is 4.90 Å². The van der Waals surface area contributed by atoms with Crippen LogP contribution in [0.5, 0.6) is 17.2 Å². The van der Waals surface area contributed by atoms with Gasteiger partial charge >= 0.3 is 0 Å². The number of morpholine rings is 1. The molecule has 244 valence electrons. The van der Waals surface area contributed by atoms with E-state index in [2.05, 4.69) is 6.07 Å². The molecule has 0 radical (unpaired) electrons. The SMILES string of the molecule is COc1cccc2c1C(=N)c1c(O)c3c(c(O)c1C2=O)C[C@@](O)(C(=O)CO)C[C@@H]3O[C@H]1C[C@H](N2CCOC[C@H]2C#N)[C@H](O)[C@H](C)O1. The lowest BCUT2D eigenvalue weighted by Crippen LogP contribution is -2.60. The van der Waals surface area contributed by atoms with Crippen molar-refractivity contribution in [2.24, 2.45) is 0 Å². The number of phenolic OH excluding ortho intramolecular Hbond substituents is 2. The van der Waals surface area contributed by atoms with Gasteiger partial charge in [-0.1, -0.05) is 12.1 Å². The standard InChI is InChI=1S/C32H35N3O11/c1-14-28(38)18(35-6-7-44-13-15(35)11-33)8-22(45-14)46-20-10-32(42,21(37)12-36)9-17-24(20)31(41)25-26(30(17)40)29(39)16-4-3-5-19(43-2)23(16)27(25)34/h3-5,14-15,18,20,22,28,34,36,38,40-42H,6-10,12-13H2,1-2H3/t14-,15+,18-,20-,22-,28+,32-/m0/s1. The Bertz CT molecular complexity index is 1650. The first-order chi connectivity index (χ1) is 21.9. The molecule has 2 aromatic carbocycles. The van der Waals surface area contributed by atoms with Gasteiger partial charge in [-0.2, -0.15) is 5.26 Å². The van der Waals surface area contributed by atoms with Crippen molar-refractivity contribution in [2.75, 3.05) is 33.5 Å². The number of nitriles is 1. The fourth-order valence-corrected chi connectivity index (χ4v) is 7.19. The molecule has 7 atom stereocenters. The van der Waals surface area contributed by atoms with E-state index in [-0.39, 0.29) is 57.9 Å². The second kappa shape index (κ2) is 12.0. The molecule has 2 aliphatic heterocycles. The van der Waals surface area contributed by atoms with Crippen LogP contribution in [0, 0.1) is 16.7 Å². The van der Waals surface area contributed by atoms with Crippen molar-refractivity contribution in [1.82, 2.24) is 4.90 Å². The number of phenols is 2. The first-order valence-corrected chi connectivity index (χ1v) is 15.0. The minimum absolute atomic E-state index is 0.0530. The second-order valence-corrected chi connectivity index (χ2v) is 12.1.